The molecule has 0 radical (unpaired) electrons. The van der Waals surface area contributed by atoms with E-state index in [0.29, 0.717) is 31.5 Å². The van der Waals surface area contributed by atoms with Gasteiger partial charge in [0.1, 0.15) is 5.82 Å². The zero-order valence-corrected chi connectivity index (χ0v) is 11.8. The lowest BCUT2D eigenvalue weighted by Gasteiger charge is -2.22. The van der Waals surface area contributed by atoms with E-state index in [0.717, 1.165) is 12.8 Å². The van der Waals surface area contributed by atoms with Crippen LogP contribution in [0.3, 0.4) is 0 Å². The summed E-state index contributed by atoms with van der Waals surface area (Å²) in [4.78, 5) is 23.7. The predicted octanol–water partition coefficient (Wildman–Crippen LogP) is 0.943. The lowest BCUT2D eigenvalue weighted by molar-refractivity contribution is -0.126. The second kappa shape index (κ2) is 6.67. The molecule has 1 aromatic rings. The van der Waals surface area contributed by atoms with Crippen LogP contribution >= 0.6 is 0 Å². The SMILES string of the molecule is NC1(C(=O)NCCNC(=O)c2ccc(F)cc2)CCCC1. The van der Waals surface area contributed by atoms with Crippen LogP contribution in [0.25, 0.3) is 0 Å². The van der Waals surface area contributed by atoms with Gasteiger partial charge in [0.05, 0.1) is 5.54 Å². The summed E-state index contributed by atoms with van der Waals surface area (Å²) in [6, 6.07) is 5.29. The van der Waals surface area contributed by atoms with Crippen LogP contribution in [0.1, 0.15) is 36.0 Å². The predicted molar refractivity (Wildman–Crippen MR) is 77.1 cm³/mol. The molecule has 2 amide bonds. The summed E-state index contributed by atoms with van der Waals surface area (Å²) in [5.74, 6) is -0.841. The van der Waals surface area contributed by atoms with Crippen LogP contribution in [0.2, 0.25) is 0 Å². The Hall–Kier alpha value is -1.95. The normalized spacial score (nSPS) is 16.5. The van der Waals surface area contributed by atoms with Gasteiger partial charge in [-0.15, -0.1) is 0 Å². The number of benzene rings is 1. The van der Waals surface area contributed by atoms with Crippen LogP contribution in [0.5, 0.6) is 0 Å². The maximum absolute atomic E-state index is 12.7. The first-order chi connectivity index (χ1) is 10.0. The molecule has 0 spiro atoms. The van der Waals surface area contributed by atoms with Crippen molar-refractivity contribution in [3.8, 4) is 0 Å². The van der Waals surface area contributed by atoms with Crippen molar-refractivity contribution in [3.63, 3.8) is 0 Å². The number of amides is 2. The molecular weight excluding hydrogens is 273 g/mol. The molecule has 0 unspecified atom stereocenters. The van der Waals surface area contributed by atoms with E-state index in [4.69, 9.17) is 5.73 Å². The number of hydrogen-bond donors (Lipinski definition) is 3. The van der Waals surface area contributed by atoms with E-state index in [1.807, 2.05) is 0 Å². The molecule has 0 aromatic heterocycles. The Balaban J connectivity index is 1.71. The summed E-state index contributed by atoms with van der Waals surface area (Å²) >= 11 is 0. The molecule has 0 saturated heterocycles. The van der Waals surface area contributed by atoms with Gasteiger partial charge < -0.3 is 16.4 Å². The fraction of sp³-hybridized carbons (Fsp3) is 0.467. The molecule has 1 saturated carbocycles. The molecule has 0 atom stereocenters. The second-order valence-corrected chi connectivity index (χ2v) is 5.38. The summed E-state index contributed by atoms with van der Waals surface area (Å²) < 4.78 is 12.7. The van der Waals surface area contributed by atoms with Crippen molar-refractivity contribution in [2.24, 2.45) is 5.73 Å². The number of rotatable bonds is 5. The van der Waals surface area contributed by atoms with Crippen molar-refractivity contribution in [1.82, 2.24) is 10.6 Å². The van der Waals surface area contributed by atoms with E-state index in [9.17, 15) is 14.0 Å². The van der Waals surface area contributed by atoms with E-state index < -0.39 is 5.54 Å². The number of nitrogens with two attached hydrogens (primary N) is 1. The molecule has 2 rings (SSSR count). The molecule has 6 heteroatoms. The van der Waals surface area contributed by atoms with Crippen molar-refractivity contribution in [2.75, 3.05) is 13.1 Å². The van der Waals surface area contributed by atoms with Gasteiger partial charge in [-0.3, -0.25) is 9.59 Å². The second-order valence-electron chi connectivity index (χ2n) is 5.38. The number of nitrogens with one attached hydrogen (secondary N) is 2. The monoisotopic (exact) mass is 293 g/mol. The quantitative estimate of drug-likeness (QED) is 0.707. The van der Waals surface area contributed by atoms with E-state index in [2.05, 4.69) is 10.6 Å². The number of halogens is 1. The third kappa shape index (κ3) is 4.01. The van der Waals surface area contributed by atoms with Crippen LogP contribution in [0.4, 0.5) is 4.39 Å². The van der Waals surface area contributed by atoms with Crippen LogP contribution in [-0.4, -0.2) is 30.4 Å². The highest BCUT2D eigenvalue weighted by Crippen LogP contribution is 2.26. The van der Waals surface area contributed by atoms with Crippen LogP contribution in [0, 0.1) is 5.82 Å². The first kappa shape index (κ1) is 15.4. The van der Waals surface area contributed by atoms with Crippen LogP contribution in [0.15, 0.2) is 24.3 Å². The molecule has 0 aliphatic heterocycles. The standard InChI is InChI=1S/C15H20FN3O2/c16-12-5-3-11(4-6-12)13(20)18-9-10-19-14(21)15(17)7-1-2-8-15/h3-6H,1-2,7-10,17H2,(H,18,20)(H,19,21). The Kier molecular flexibility index (Phi) is 4.90. The summed E-state index contributed by atoms with van der Waals surface area (Å²) in [5.41, 5.74) is 5.65. The van der Waals surface area contributed by atoms with Crippen molar-refractivity contribution in [1.29, 1.82) is 0 Å². The molecule has 1 aromatic carbocycles. The highest BCUT2D eigenvalue weighted by atomic mass is 19.1. The lowest BCUT2D eigenvalue weighted by atomic mass is 9.98. The number of carbonyl (C=O) groups excluding carboxylic acids is 2. The van der Waals surface area contributed by atoms with Gasteiger partial charge in [0.25, 0.3) is 5.91 Å². The summed E-state index contributed by atoms with van der Waals surface area (Å²) in [7, 11) is 0. The van der Waals surface area contributed by atoms with Gasteiger partial charge in [-0.2, -0.15) is 0 Å². The fourth-order valence-electron chi connectivity index (χ4n) is 2.46. The molecule has 0 heterocycles. The van der Waals surface area contributed by atoms with E-state index >= 15 is 0 Å². The van der Waals surface area contributed by atoms with Gasteiger partial charge in [0.2, 0.25) is 5.91 Å². The molecule has 1 aliphatic carbocycles. The highest BCUT2D eigenvalue weighted by molar-refractivity contribution is 5.94. The Labute approximate surface area is 123 Å². The largest absolute Gasteiger partial charge is 0.353 e. The minimum Gasteiger partial charge on any atom is -0.353 e. The molecule has 1 fully saturated rings. The number of hydrogen-bond acceptors (Lipinski definition) is 3. The molecule has 5 nitrogen and oxygen atoms in total. The molecule has 0 bridgehead atoms. The van der Waals surface area contributed by atoms with Gasteiger partial charge in [0, 0.05) is 18.7 Å². The summed E-state index contributed by atoms with van der Waals surface area (Å²) in [5, 5.41) is 5.40. The zero-order chi connectivity index (χ0) is 15.3. The van der Waals surface area contributed by atoms with E-state index in [-0.39, 0.29) is 17.6 Å². The van der Waals surface area contributed by atoms with Gasteiger partial charge in [0.15, 0.2) is 0 Å². The van der Waals surface area contributed by atoms with Crippen LogP contribution < -0.4 is 16.4 Å². The third-order valence-electron chi connectivity index (χ3n) is 3.75. The zero-order valence-electron chi connectivity index (χ0n) is 11.8. The Morgan fingerprint density at radius 1 is 1.10 bits per heavy atom. The minimum absolute atomic E-state index is 0.156. The molecule has 21 heavy (non-hydrogen) atoms. The molecule has 1 aliphatic rings. The smallest absolute Gasteiger partial charge is 0.251 e. The topological polar surface area (TPSA) is 84.2 Å². The average molecular weight is 293 g/mol. The maximum atomic E-state index is 12.7. The van der Waals surface area contributed by atoms with Crippen molar-refractivity contribution in [2.45, 2.75) is 31.2 Å². The van der Waals surface area contributed by atoms with Crippen LogP contribution in [-0.2, 0) is 4.79 Å². The van der Waals surface area contributed by atoms with Crippen molar-refractivity contribution < 1.29 is 14.0 Å². The molecule has 114 valence electrons. The first-order valence-electron chi connectivity index (χ1n) is 7.12. The van der Waals surface area contributed by atoms with Crippen molar-refractivity contribution in [3.05, 3.63) is 35.6 Å². The van der Waals surface area contributed by atoms with Gasteiger partial charge in [-0.05, 0) is 37.1 Å². The Morgan fingerprint density at radius 2 is 1.67 bits per heavy atom. The Bertz CT molecular complexity index is 510. The minimum atomic E-state index is -0.749. The van der Waals surface area contributed by atoms with Gasteiger partial charge in [-0.25, -0.2) is 4.39 Å². The summed E-state index contributed by atoms with van der Waals surface area (Å²) in [6.07, 6.45) is 3.37. The Morgan fingerprint density at radius 3 is 2.29 bits per heavy atom. The summed E-state index contributed by atoms with van der Waals surface area (Å²) in [6.45, 7) is 0.628. The fourth-order valence-corrected chi connectivity index (χ4v) is 2.46. The number of carbonyl (C=O) groups is 2. The average Bonchev–Trinajstić information content (AvgIpc) is 2.92. The first-order valence-corrected chi connectivity index (χ1v) is 7.12. The third-order valence-corrected chi connectivity index (χ3v) is 3.75. The lowest BCUT2D eigenvalue weighted by Crippen LogP contribution is -2.53. The molecular formula is C15H20FN3O2. The molecule has 4 N–H and O–H groups in total. The maximum Gasteiger partial charge on any atom is 0.251 e. The van der Waals surface area contributed by atoms with Gasteiger partial charge >= 0.3 is 0 Å². The van der Waals surface area contributed by atoms with Crippen molar-refractivity contribution >= 4 is 11.8 Å². The van der Waals surface area contributed by atoms with Gasteiger partial charge in [-0.1, -0.05) is 12.8 Å². The van der Waals surface area contributed by atoms with E-state index in [1.165, 1.54) is 24.3 Å². The highest BCUT2D eigenvalue weighted by Gasteiger charge is 2.36. The van der Waals surface area contributed by atoms with E-state index in [1.54, 1.807) is 0 Å².